The van der Waals surface area contributed by atoms with Crippen molar-refractivity contribution in [3.63, 3.8) is 0 Å². The van der Waals surface area contributed by atoms with Gasteiger partial charge in [0.1, 0.15) is 5.75 Å². The van der Waals surface area contributed by atoms with Crippen molar-refractivity contribution in [2.75, 3.05) is 14.2 Å². The van der Waals surface area contributed by atoms with Crippen LogP contribution in [0.4, 0.5) is 0 Å². The van der Waals surface area contributed by atoms with Crippen LogP contribution >= 0.6 is 15.9 Å². The van der Waals surface area contributed by atoms with E-state index in [0.717, 1.165) is 4.47 Å². The summed E-state index contributed by atoms with van der Waals surface area (Å²) >= 11 is 3.31. The maximum absolute atomic E-state index is 12.0. The fourth-order valence-corrected chi connectivity index (χ4v) is 1.89. The van der Waals surface area contributed by atoms with Gasteiger partial charge in [0, 0.05) is 17.3 Å². The van der Waals surface area contributed by atoms with Crippen molar-refractivity contribution in [2.24, 2.45) is 0 Å². The molecule has 0 aromatic heterocycles. The van der Waals surface area contributed by atoms with E-state index in [1.54, 1.807) is 12.1 Å². The van der Waals surface area contributed by atoms with E-state index >= 15 is 0 Å². The highest BCUT2D eigenvalue weighted by Crippen LogP contribution is 2.24. The van der Waals surface area contributed by atoms with Crippen LogP contribution in [-0.4, -0.2) is 26.0 Å². The molecule has 98 valence electrons. The largest absolute Gasteiger partial charge is 0.496 e. The van der Waals surface area contributed by atoms with Gasteiger partial charge in [-0.3, -0.25) is 9.59 Å². The highest BCUT2D eigenvalue weighted by atomic mass is 79.9. The number of Topliss-reactive ketones (excluding diaryl/α,β-unsaturated/α-hetero) is 1. The Morgan fingerprint density at radius 2 is 1.94 bits per heavy atom. The number of ketones is 1. The summed E-state index contributed by atoms with van der Waals surface area (Å²) in [6.45, 7) is 0. The van der Waals surface area contributed by atoms with E-state index in [4.69, 9.17) is 4.74 Å². The average molecular weight is 315 g/mol. The second-order valence-corrected chi connectivity index (χ2v) is 4.61. The fraction of sp³-hybridized carbons (Fsp3) is 0.385. The summed E-state index contributed by atoms with van der Waals surface area (Å²) in [7, 11) is 2.86. The first-order valence-corrected chi connectivity index (χ1v) is 6.31. The van der Waals surface area contributed by atoms with E-state index in [0.29, 0.717) is 24.2 Å². The summed E-state index contributed by atoms with van der Waals surface area (Å²) in [5.74, 6) is 0.197. The highest BCUT2D eigenvalue weighted by molar-refractivity contribution is 9.10. The van der Waals surface area contributed by atoms with Gasteiger partial charge in [-0.2, -0.15) is 0 Å². The SMILES string of the molecule is COC(=O)CCCC(=O)c1cc(Br)ccc1OC. The number of benzene rings is 1. The molecule has 0 saturated carbocycles. The van der Waals surface area contributed by atoms with E-state index in [1.165, 1.54) is 14.2 Å². The van der Waals surface area contributed by atoms with Gasteiger partial charge in [0.2, 0.25) is 0 Å². The summed E-state index contributed by atoms with van der Waals surface area (Å²) < 4.78 is 10.5. The zero-order valence-electron chi connectivity index (χ0n) is 10.4. The van der Waals surface area contributed by atoms with E-state index in [1.807, 2.05) is 6.07 Å². The van der Waals surface area contributed by atoms with Crippen LogP contribution in [0.2, 0.25) is 0 Å². The minimum Gasteiger partial charge on any atom is -0.496 e. The monoisotopic (exact) mass is 314 g/mol. The second-order valence-electron chi connectivity index (χ2n) is 3.70. The van der Waals surface area contributed by atoms with Crippen molar-refractivity contribution in [1.29, 1.82) is 0 Å². The topological polar surface area (TPSA) is 52.6 Å². The van der Waals surface area contributed by atoms with Gasteiger partial charge in [0.15, 0.2) is 5.78 Å². The Morgan fingerprint density at radius 1 is 1.22 bits per heavy atom. The van der Waals surface area contributed by atoms with Crippen LogP contribution in [-0.2, 0) is 9.53 Å². The molecule has 5 heteroatoms. The van der Waals surface area contributed by atoms with Crippen LogP contribution in [0.3, 0.4) is 0 Å². The van der Waals surface area contributed by atoms with Gasteiger partial charge in [-0.25, -0.2) is 0 Å². The molecule has 1 aromatic carbocycles. The van der Waals surface area contributed by atoms with Gasteiger partial charge in [-0.1, -0.05) is 15.9 Å². The Hall–Kier alpha value is -1.36. The van der Waals surface area contributed by atoms with Crippen molar-refractivity contribution in [3.05, 3.63) is 28.2 Å². The molecule has 0 atom stereocenters. The van der Waals surface area contributed by atoms with Gasteiger partial charge in [0.05, 0.1) is 19.8 Å². The van der Waals surface area contributed by atoms with Gasteiger partial charge < -0.3 is 9.47 Å². The fourth-order valence-electron chi connectivity index (χ4n) is 1.53. The zero-order valence-corrected chi connectivity index (χ0v) is 12.0. The van der Waals surface area contributed by atoms with Gasteiger partial charge in [-0.15, -0.1) is 0 Å². The first-order chi connectivity index (χ1) is 8.58. The molecule has 0 heterocycles. The third-order valence-corrected chi connectivity index (χ3v) is 2.97. The Kier molecular flexibility index (Phi) is 5.85. The molecule has 0 fully saturated rings. The minimum absolute atomic E-state index is 0.0444. The van der Waals surface area contributed by atoms with Crippen LogP contribution in [0.1, 0.15) is 29.6 Å². The Bertz CT molecular complexity index is 443. The predicted octanol–water partition coefficient (Wildman–Crippen LogP) is 2.98. The van der Waals surface area contributed by atoms with Crippen LogP contribution in [0.5, 0.6) is 5.75 Å². The summed E-state index contributed by atoms with van der Waals surface area (Å²) in [4.78, 5) is 22.9. The number of hydrogen-bond acceptors (Lipinski definition) is 4. The molecule has 0 aliphatic carbocycles. The normalized spacial score (nSPS) is 9.94. The molecule has 0 unspecified atom stereocenters. The predicted molar refractivity (Wildman–Crippen MR) is 70.9 cm³/mol. The number of rotatable bonds is 6. The molecule has 1 aromatic rings. The maximum Gasteiger partial charge on any atom is 0.305 e. The maximum atomic E-state index is 12.0. The molecule has 0 aliphatic heterocycles. The number of ether oxygens (including phenoxy) is 2. The molecule has 0 bridgehead atoms. The van der Waals surface area contributed by atoms with E-state index in [-0.39, 0.29) is 18.2 Å². The van der Waals surface area contributed by atoms with E-state index in [2.05, 4.69) is 20.7 Å². The van der Waals surface area contributed by atoms with Crippen molar-refractivity contribution < 1.29 is 19.1 Å². The first kappa shape index (κ1) is 14.7. The molecule has 0 aliphatic rings. The van der Waals surface area contributed by atoms with Gasteiger partial charge in [0.25, 0.3) is 0 Å². The standard InChI is InChI=1S/C13H15BrO4/c1-17-12-7-6-9(14)8-10(12)11(15)4-3-5-13(16)18-2/h6-8H,3-5H2,1-2H3. The van der Waals surface area contributed by atoms with E-state index < -0.39 is 0 Å². The van der Waals surface area contributed by atoms with Crippen molar-refractivity contribution in [2.45, 2.75) is 19.3 Å². The molecule has 0 saturated heterocycles. The van der Waals surface area contributed by atoms with Crippen LogP contribution < -0.4 is 4.74 Å². The smallest absolute Gasteiger partial charge is 0.305 e. The Labute approximate surface area is 114 Å². The molecule has 1 rings (SSSR count). The third-order valence-electron chi connectivity index (χ3n) is 2.47. The summed E-state index contributed by atoms with van der Waals surface area (Å²) in [6, 6.07) is 5.26. The number of esters is 1. The van der Waals surface area contributed by atoms with Crippen LogP contribution in [0.15, 0.2) is 22.7 Å². The summed E-state index contributed by atoms with van der Waals surface area (Å²) in [6.07, 6.45) is 1.02. The molecule has 0 amide bonds. The van der Waals surface area contributed by atoms with Crippen molar-refractivity contribution in [1.82, 2.24) is 0 Å². The lowest BCUT2D eigenvalue weighted by molar-refractivity contribution is -0.140. The van der Waals surface area contributed by atoms with Crippen molar-refractivity contribution >= 4 is 27.7 Å². The van der Waals surface area contributed by atoms with E-state index in [9.17, 15) is 9.59 Å². The lowest BCUT2D eigenvalue weighted by Crippen LogP contribution is -2.05. The van der Waals surface area contributed by atoms with Crippen LogP contribution in [0.25, 0.3) is 0 Å². The second kappa shape index (κ2) is 7.16. The number of hydrogen-bond donors (Lipinski definition) is 0. The lowest BCUT2D eigenvalue weighted by Gasteiger charge is -2.07. The summed E-state index contributed by atoms with van der Waals surface area (Å²) in [5.41, 5.74) is 0.525. The first-order valence-electron chi connectivity index (χ1n) is 5.52. The Morgan fingerprint density at radius 3 is 2.56 bits per heavy atom. The molecule has 0 radical (unpaired) electrons. The van der Waals surface area contributed by atoms with Crippen LogP contribution in [0, 0.1) is 0 Å². The third kappa shape index (κ3) is 4.14. The van der Waals surface area contributed by atoms with Gasteiger partial charge >= 0.3 is 5.97 Å². The van der Waals surface area contributed by atoms with Gasteiger partial charge in [-0.05, 0) is 24.6 Å². The highest BCUT2D eigenvalue weighted by Gasteiger charge is 2.13. The molecule has 0 spiro atoms. The average Bonchev–Trinajstić information content (AvgIpc) is 2.38. The number of carbonyl (C=O) groups is 2. The quantitative estimate of drug-likeness (QED) is 0.598. The molecule has 18 heavy (non-hydrogen) atoms. The number of halogens is 1. The lowest BCUT2D eigenvalue weighted by atomic mass is 10.0. The van der Waals surface area contributed by atoms with Crippen molar-refractivity contribution in [3.8, 4) is 5.75 Å². The molecule has 0 N–H and O–H groups in total. The summed E-state index contributed by atoms with van der Waals surface area (Å²) in [5, 5.41) is 0. The minimum atomic E-state index is -0.302. The number of carbonyl (C=O) groups excluding carboxylic acids is 2. The molecular formula is C13H15BrO4. The zero-order chi connectivity index (χ0) is 13.5. The molecular weight excluding hydrogens is 300 g/mol. The molecule has 4 nitrogen and oxygen atoms in total. The number of methoxy groups -OCH3 is 2. The Balaban J connectivity index is 2.66.